The average Bonchev–Trinajstić information content (AvgIpc) is 2.66. The number of rotatable bonds is 6. The van der Waals surface area contributed by atoms with Crippen LogP contribution in [0.25, 0.3) is 10.9 Å². The van der Waals surface area contributed by atoms with Crippen molar-refractivity contribution >= 4 is 22.6 Å². The van der Waals surface area contributed by atoms with E-state index in [1.807, 2.05) is 55.5 Å². The number of aromatic nitrogens is 1. The Labute approximate surface area is 148 Å². The van der Waals surface area contributed by atoms with E-state index in [-0.39, 0.29) is 5.97 Å². The fourth-order valence-electron chi connectivity index (χ4n) is 2.87. The first-order valence-electron chi connectivity index (χ1n) is 8.58. The van der Waals surface area contributed by atoms with Crippen LogP contribution in [0.5, 0.6) is 0 Å². The summed E-state index contributed by atoms with van der Waals surface area (Å²) in [5.74, 6) is -0.320. The lowest BCUT2D eigenvalue weighted by Gasteiger charge is -2.24. The first kappa shape index (κ1) is 17.0. The minimum Gasteiger partial charge on any atom is -0.462 e. The second kappa shape index (κ2) is 7.79. The summed E-state index contributed by atoms with van der Waals surface area (Å²) >= 11 is 0. The molecule has 0 aliphatic heterocycles. The number of esters is 1. The molecule has 1 aromatic heterocycles. The minimum absolute atomic E-state index is 0.320. The zero-order valence-corrected chi connectivity index (χ0v) is 14.6. The van der Waals surface area contributed by atoms with Crippen molar-refractivity contribution < 1.29 is 9.53 Å². The van der Waals surface area contributed by atoms with Crippen LogP contribution in [-0.4, -0.2) is 24.1 Å². The van der Waals surface area contributed by atoms with Crippen molar-refractivity contribution in [3.8, 4) is 0 Å². The van der Waals surface area contributed by atoms with Gasteiger partial charge in [-0.3, -0.25) is 4.98 Å². The maximum Gasteiger partial charge on any atom is 0.340 e. The van der Waals surface area contributed by atoms with E-state index >= 15 is 0 Å². The second-order valence-corrected chi connectivity index (χ2v) is 5.75. The Kier molecular flexibility index (Phi) is 5.29. The molecule has 0 aliphatic carbocycles. The average molecular weight is 334 g/mol. The van der Waals surface area contributed by atoms with Gasteiger partial charge in [0, 0.05) is 17.6 Å². The minimum atomic E-state index is -0.320. The molecule has 0 saturated heterocycles. The van der Waals surface area contributed by atoms with E-state index in [2.05, 4.69) is 24.0 Å². The number of hydrogen-bond donors (Lipinski definition) is 0. The standard InChI is InChI=1S/C21H22N2O2/c1-3-23(17-11-6-5-7-12-17)15-20-18(21(24)25-4-2)14-16-10-8-9-13-19(16)22-20/h5-14H,3-4,15H2,1-2H3. The van der Waals surface area contributed by atoms with Gasteiger partial charge in [-0.2, -0.15) is 0 Å². The van der Waals surface area contributed by atoms with Gasteiger partial charge in [-0.25, -0.2) is 4.79 Å². The van der Waals surface area contributed by atoms with Crippen LogP contribution in [0.1, 0.15) is 29.9 Å². The van der Waals surface area contributed by atoms with Crippen LogP contribution in [0, 0.1) is 0 Å². The highest BCUT2D eigenvalue weighted by atomic mass is 16.5. The van der Waals surface area contributed by atoms with E-state index in [4.69, 9.17) is 9.72 Å². The Morgan fingerprint density at radius 3 is 2.48 bits per heavy atom. The van der Waals surface area contributed by atoms with Gasteiger partial charge in [0.05, 0.1) is 29.9 Å². The maximum absolute atomic E-state index is 12.4. The Balaban J connectivity index is 2.03. The summed E-state index contributed by atoms with van der Waals surface area (Å²) in [6, 6.07) is 19.9. The zero-order valence-electron chi connectivity index (χ0n) is 14.6. The molecular formula is C21H22N2O2. The molecule has 0 aliphatic rings. The van der Waals surface area contributed by atoms with Gasteiger partial charge in [-0.15, -0.1) is 0 Å². The summed E-state index contributed by atoms with van der Waals surface area (Å²) in [7, 11) is 0. The van der Waals surface area contributed by atoms with E-state index in [1.54, 1.807) is 0 Å². The molecule has 0 radical (unpaired) electrons. The third-order valence-electron chi connectivity index (χ3n) is 4.14. The van der Waals surface area contributed by atoms with E-state index in [1.165, 1.54) is 0 Å². The molecule has 0 spiro atoms. The fraction of sp³-hybridized carbons (Fsp3) is 0.238. The quantitative estimate of drug-likeness (QED) is 0.625. The topological polar surface area (TPSA) is 42.4 Å². The van der Waals surface area contributed by atoms with Crippen molar-refractivity contribution in [2.45, 2.75) is 20.4 Å². The smallest absolute Gasteiger partial charge is 0.340 e. The van der Waals surface area contributed by atoms with Gasteiger partial charge < -0.3 is 9.64 Å². The molecule has 3 aromatic rings. The summed E-state index contributed by atoms with van der Waals surface area (Å²) in [6.07, 6.45) is 0. The predicted molar refractivity (Wildman–Crippen MR) is 101 cm³/mol. The normalized spacial score (nSPS) is 10.6. The lowest BCUT2D eigenvalue weighted by Crippen LogP contribution is -2.24. The molecule has 128 valence electrons. The number of nitrogens with zero attached hydrogens (tertiary/aromatic N) is 2. The Hall–Kier alpha value is -2.88. The Bertz CT molecular complexity index is 862. The van der Waals surface area contributed by atoms with Crippen LogP contribution in [-0.2, 0) is 11.3 Å². The zero-order chi connectivity index (χ0) is 17.6. The molecule has 0 atom stereocenters. The molecule has 3 rings (SSSR count). The molecule has 4 nitrogen and oxygen atoms in total. The maximum atomic E-state index is 12.4. The molecular weight excluding hydrogens is 312 g/mol. The number of fused-ring (bicyclic) bond motifs is 1. The van der Waals surface area contributed by atoms with Crippen molar-refractivity contribution in [3.63, 3.8) is 0 Å². The number of carbonyl (C=O) groups excluding carboxylic acids is 1. The number of pyridine rings is 1. The number of hydrogen-bond acceptors (Lipinski definition) is 4. The Morgan fingerprint density at radius 2 is 1.76 bits per heavy atom. The molecule has 0 unspecified atom stereocenters. The Morgan fingerprint density at radius 1 is 1.04 bits per heavy atom. The molecule has 25 heavy (non-hydrogen) atoms. The highest BCUT2D eigenvalue weighted by Crippen LogP contribution is 2.22. The summed E-state index contributed by atoms with van der Waals surface area (Å²) in [6.45, 7) is 5.63. The van der Waals surface area contributed by atoms with E-state index in [9.17, 15) is 4.79 Å². The number of benzene rings is 2. The van der Waals surface area contributed by atoms with Crippen LogP contribution < -0.4 is 4.90 Å². The van der Waals surface area contributed by atoms with Gasteiger partial charge in [0.15, 0.2) is 0 Å². The van der Waals surface area contributed by atoms with Gasteiger partial charge >= 0.3 is 5.97 Å². The lowest BCUT2D eigenvalue weighted by atomic mass is 10.1. The second-order valence-electron chi connectivity index (χ2n) is 5.75. The number of ether oxygens (including phenoxy) is 1. The van der Waals surface area contributed by atoms with E-state index in [0.717, 1.165) is 28.8 Å². The molecule has 1 heterocycles. The van der Waals surface area contributed by atoms with Crippen LogP contribution in [0.4, 0.5) is 5.69 Å². The van der Waals surface area contributed by atoms with Crippen molar-refractivity contribution in [2.24, 2.45) is 0 Å². The van der Waals surface area contributed by atoms with Crippen molar-refractivity contribution in [1.29, 1.82) is 0 Å². The van der Waals surface area contributed by atoms with Gasteiger partial charge in [-0.1, -0.05) is 36.4 Å². The van der Waals surface area contributed by atoms with Gasteiger partial charge in [0.1, 0.15) is 0 Å². The van der Waals surface area contributed by atoms with Crippen LogP contribution in [0.15, 0.2) is 60.7 Å². The van der Waals surface area contributed by atoms with E-state index < -0.39 is 0 Å². The fourth-order valence-corrected chi connectivity index (χ4v) is 2.87. The number of para-hydroxylation sites is 2. The molecule has 0 saturated carbocycles. The van der Waals surface area contributed by atoms with Crippen molar-refractivity contribution in [3.05, 3.63) is 71.9 Å². The van der Waals surface area contributed by atoms with Gasteiger partial charge in [0.25, 0.3) is 0 Å². The van der Waals surface area contributed by atoms with Gasteiger partial charge in [-0.05, 0) is 38.1 Å². The highest BCUT2D eigenvalue weighted by molar-refractivity contribution is 5.95. The summed E-state index contributed by atoms with van der Waals surface area (Å²) < 4.78 is 5.24. The first-order valence-corrected chi connectivity index (χ1v) is 8.58. The summed E-state index contributed by atoms with van der Waals surface area (Å²) in [4.78, 5) is 19.4. The number of carbonyl (C=O) groups is 1. The van der Waals surface area contributed by atoms with Crippen LogP contribution in [0.3, 0.4) is 0 Å². The molecule has 0 fully saturated rings. The third kappa shape index (κ3) is 3.79. The van der Waals surface area contributed by atoms with Crippen molar-refractivity contribution in [2.75, 3.05) is 18.1 Å². The largest absolute Gasteiger partial charge is 0.462 e. The summed E-state index contributed by atoms with van der Waals surface area (Å²) in [5, 5.41) is 0.942. The highest BCUT2D eigenvalue weighted by Gasteiger charge is 2.18. The molecule has 0 N–H and O–H groups in total. The van der Waals surface area contributed by atoms with Crippen LogP contribution >= 0.6 is 0 Å². The van der Waals surface area contributed by atoms with E-state index in [0.29, 0.717) is 18.7 Å². The van der Waals surface area contributed by atoms with Gasteiger partial charge in [0.2, 0.25) is 0 Å². The first-order chi connectivity index (χ1) is 12.2. The monoisotopic (exact) mass is 334 g/mol. The number of anilines is 1. The van der Waals surface area contributed by atoms with Crippen LogP contribution in [0.2, 0.25) is 0 Å². The predicted octanol–water partition coefficient (Wildman–Crippen LogP) is 4.44. The molecule has 4 heteroatoms. The molecule has 0 amide bonds. The lowest BCUT2D eigenvalue weighted by molar-refractivity contribution is 0.0524. The van der Waals surface area contributed by atoms with Crippen molar-refractivity contribution in [1.82, 2.24) is 4.98 Å². The SMILES string of the molecule is CCOC(=O)c1cc2ccccc2nc1CN(CC)c1ccccc1. The third-order valence-corrected chi connectivity index (χ3v) is 4.14. The summed E-state index contributed by atoms with van der Waals surface area (Å²) in [5.41, 5.74) is 3.27. The molecule has 2 aromatic carbocycles. The molecule has 0 bridgehead atoms.